The summed E-state index contributed by atoms with van der Waals surface area (Å²) >= 11 is 0. The third kappa shape index (κ3) is 6.42. The second-order valence-corrected chi connectivity index (χ2v) is 9.86. The van der Waals surface area contributed by atoms with Gasteiger partial charge in [-0.3, -0.25) is 9.80 Å². The summed E-state index contributed by atoms with van der Waals surface area (Å²) in [6, 6.07) is 27.0. The van der Waals surface area contributed by atoms with Gasteiger partial charge in [-0.2, -0.15) is 4.68 Å². The molecule has 0 bridgehead atoms. The Kier molecular flexibility index (Phi) is 8.71. The van der Waals surface area contributed by atoms with Crippen LogP contribution in [0.25, 0.3) is 11.8 Å². The molecule has 0 N–H and O–H groups in total. The lowest BCUT2D eigenvalue weighted by Gasteiger charge is -2.38. The maximum absolute atomic E-state index is 6.28. The van der Waals surface area contributed by atoms with Gasteiger partial charge in [0.05, 0.1) is 24.9 Å². The van der Waals surface area contributed by atoms with E-state index in [-0.39, 0.29) is 6.04 Å². The van der Waals surface area contributed by atoms with Crippen molar-refractivity contribution in [2.75, 3.05) is 39.3 Å². The molecule has 0 amide bonds. The third-order valence-corrected chi connectivity index (χ3v) is 7.15. The highest BCUT2D eigenvalue weighted by Gasteiger charge is 2.30. The molecule has 7 heteroatoms. The van der Waals surface area contributed by atoms with Gasteiger partial charge in [0.2, 0.25) is 0 Å². The highest BCUT2D eigenvalue weighted by Crippen LogP contribution is 2.26. The second kappa shape index (κ2) is 12.7. The maximum atomic E-state index is 6.28. The van der Waals surface area contributed by atoms with Crippen molar-refractivity contribution < 1.29 is 4.74 Å². The summed E-state index contributed by atoms with van der Waals surface area (Å²) in [6.07, 6.45) is 4.46. The van der Waals surface area contributed by atoms with Gasteiger partial charge >= 0.3 is 0 Å². The van der Waals surface area contributed by atoms with Crippen LogP contribution < -0.4 is 0 Å². The lowest BCUT2D eigenvalue weighted by molar-refractivity contribution is 0.0225. The van der Waals surface area contributed by atoms with Gasteiger partial charge in [0, 0.05) is 32.7 Å². The molecule has 0 unspecified atom stereocenters. The van der Waals surface area contributed by atoms with Gasteiger partial charge in [-0.1, -0.05) is 91.0 Å². The molecule has 1 saturated heterocycles. The number of rotatable bonds is 10. The molecule has 38 heavy (non-hydrogen) atoms. The van der Waals surface area contributed by atoms with Gasteiger partial charge in [0.1, 0.15) is 0 Å². The Labute approximate surface area is 225 Å². The fourth-order valence-electron chi connectivity index (χ4n) is 5.07. The van der Waals surface area contributed by atoms with E-state index in [9.17, 15) is 0 Å². The fraction of sp³-hybridized carbons (Fsp3) is 0.323. The van der Waals surface area contributed by atoms with Crippen molar-refractivity contribution in [3.8, 4) is 5.69 Å². The highest BCUT2D eigenvalue weighted by molar-refractivity contribution is 5.49. The molecule has 1 aromatic heterocycles. The number of ether oxygens (including phenoxy) is 1. The Morgan fingerprint density at radius 3 is 2.24 bits per heavy atom. The van der Waals surface area contributed by atoms with Gasteiger partial charge in [-0.25, -0.2) is 0 Å². The first-order valence-electron chi connectivity index (χ1n) is 13.3. The minimum absolute atomic E-state index is 0.0465. The smallest absolute Gasteiger partial charge is 0.176 e. The highest BCUT2D eigenvalue weighted by atomic mass is 16.5. The number of aromatic nitrogens is 4. The van der Waals surface area contributed by atoms with Gasteiger partial charge in [0.15, 0.2) is 5.82 Å². The predicted octanol–water partition coefficient (Wildman–Crippen LogP) is 4.87. The first kappa shape index (κ1) is 26.0. The van der Waals surface area contributed by atoms with Crippen LogP contribution in [0.4, 0.5) is 0 Å². The second-order valence-electron chi connectivity index (χ2n) is 9.86. The third-order valence-electron chi connectivity index (χ3n) is 7.15. The van der Waals surface area contributed by atoms with Crippen LogP contribution in [0.3, 0.4) is 0 Å². The van der Waals surface area contributed by atoms with Crippen LogP contribution >= 0.6 is 0 Å². The Morgan fingerprint density at radius 2 is 1.53 bits per heavy atom. The van der Waals surface area contributed by atoms with Crippen LogP contribution in [0.15, 0.2) is 84.9 Å². The number of tetrazole rings is 1. The van der Waals surface area contributed by atoms with Gasteiger partial charge in [-0.05, 0) is 46.5 Å². The van der Waals surface area contributed by atoms with Crippen LogP contribution in [0.1, 0.15) is 34.1 Å². The quantitative estimate of drug-likeness (QED) is 0.305. The van der Waals surface area contributed by atoms with E-state index in [1.807, 2.05) is 28.9 Å². The zero-order chi connectivity index (χ0) is 26.2. The molecule has 0 radical (unpaired) electrons. The summed E-state index contributed by atoms with van der Waals surface area (Å²) in [5.74, 6) is 0.827. The number of hydrogen-bond donors (Lipinski definition) is 0. The Hall–Kier alpha value is -3.65. The normalized spacial score (nSPS) is 15.7. The Balaban J connectivity index is 1.30. The van der Waals surface area contributed by atoms with Crippen molar-refractivity contribution in [3.63, 3.8) is 0 Å². The standard InChI is InChI=1S/C31H36N6O/c1-25-11-9-12-26(2)30(25)37-31(32-33-34-37)29(24-38-23-28-15-7-4-8-16-28)36-21-19-35(20-22-36)18-10-17-27-13-5-3-6-14-27/h3-17,29H,18-24H2,1-2H3/b17-10+/t29-/m1/s1. The summed E-state index contributed by atoms with van der Waals surface area (Å²) in [4.78, 5) is 4.96. The number of hydrogen-bond acceptors (Lipinski definition) is 6. The molecule has 196 valence electrons. The molecule has 7 nitrogen and oxygen atoms in total. The lowest BCUT2D eigenvalue weighted by Crippen LogP contribution is -2.49. The van der Waals surface area contributed by atoms with Crippen molar-refractivity contribution in [2.24, 2.45) is 0 Å². The molecule has 1 atom stereocenters. The summed E-state index contributed by atoms with van der Waals surface area (Å²) < 4.78 is 8.19. The van der Waals surface area contributed by atoms with Gasteiger partial charge in [0.25, 0.3) is 0 Å². The largest absolute Gasteiger partial charge is 0.375 e. The molecular weight excluding hydrogens is 472 g/mol. The van der Waals surface area contributed by atoms with E-state index in [0.29, 0.717) is 13.2 Å². The Bertz CT molecular complexity index is 1290. The molecule has 3 aromatic carbocycles. The minimum atomic E-state index is -0.0465. The lowest BCUT2D eigenvalue weighted by atomic mass is 10.1. The van der Waals surface area contributed by atoms with Crippen molar-refractivity contribution >= 4 is 6.08 Å². The molecular formula is C31H36N6O. The van der Waals surface area contributed by atoms with Crippen LogP contribution in [-0.4, -0.2) is 69.3 Å². The van der Waals surface area contributed by atoms with Gasteiger partial charge < -0.3 is 4.74 Å². The first-order valence-corrected chi connectivity index (χ1v) is 13.3. The Morgan fingerprint density at radius 1 is 0.842 bits per heavy atom. The molecule has 0 aliphatic carbocycles. The summed E-state index contributed by atoms with van der Waals surface area (Å²) in [5, 5.41) is 13.1. The molecule has 0 spiro atoms. The van der Waals surface area contributed by atoms with E-state index in [2.05, 4.69) is 106 Å². The summed E-state index contributed by atoms with van der Waals surface area (Å²) in [5.41, 5.74) is 5.75. The van der Waals surface area contributed by atoms with Crippen molar-refractivity contribution in [1.29, 1.82) is 0 Å². The number of aryl methyl sites for hydroxylation is 2. The van der Waals surface area contributed by atoms with Crippen molar-refractivity contribution in [3.05, 3.63) is 113 Å². The topological polar surface area (TPSA) is 59.3 Å². The number of para-hydroxylation sites is 1. The van der Waals surface area contributed by atoms with E-state index < -0.39 is 0 Å². The van der Waals surface area contributed by atoms with Crippen LogP contribution in [-0.2, 0) is 11.3 Å². The first-order chi connectivity index (χ1) is 18.7. The van der Waals surface area contributed by atoms with E-state index in [1.165, 1.54) is 5.56 Å². The predicted molar refractivity (Wildman–Crippen MR) is 151 cm³/mol. The van der Waals surface area contributed by atoms with Crippen LogP contribution in [0.5, 0.6) is 0 Å². The number of nitrogens with zero attached hydrogens (tertiary/aromatic N) is 6. The molecule has 0 saturated carbocycles. The minimum Gasteiger partial charge on any atom is -0.375 e. The average molecular weight is 509 g/mol. The number of benzene rings is 3. The molecule has 5 rings (SSSR count). The van der Waals surface area contributed by atoms with Crippen molar-refractivity contribution in [1.82, 2.24) is 30.0 Å². The maximum Gasteiger partial charge on any atom is 0.176 e. The zero-order valence-corrected chi connectivity index (χ0v) is 22.3. The monoisotopic (exact) mass is 508 g/mol. The van der Waals surface area contributed by atoms with E-state index in [0.717, 1.165) is 60.9 Å². The van der Waals surface area contributed by atoms with E-state index in [1.54, 1.807) is 0 Å². The van der Waals surface area contributed by atoms with Crippen LogP contribution in [0.2, 0.25) is 0 Å². The summed E-state index contributed by atoms with van der Waals surface area (Å²) in [7, 11) is 0. The molecule has 1 aliphatic rings. The van der Waals surface area contributed by atoms with E-state index >= 15 is 0 Å². The average Bonchev–Trinajstić information content (AvgIpc) is 3.42. The molecule has 2 heterocycles. The van der Waals surface area contributed by atoms with Crippen LogP contribution in [0, 0.1) is 13.8 Å². The van der Waals surface area contributed by atoms with Gasteiger partial charge in [-0.15, -0.1) is 5.10 Å². The zero-order valence-electron chi connectivity index (χ0n) is 22.3. The SMILES string of the molecule is Cc1cccc(C)c1-n1nnnc1[C@@H](COCc1ccccc1)N1CCN(C/C=C/c2ccccc2)CC1. The fourth-order valence-corrected chi connectivity index (χ4v) is 5.07. The molecule has 1 aliphatic heterocycles. The summed E-state index contributed by atoms with van der Waals surface area (Å²) in [6.45, 7) is 10.1. The molecule has 4 aromatic rings. The number of piperazine rings is 1. The molecule has 1 fully saturated rings. The van der Waals surface area contributed by atoms with Crippen molar-refractivity contribution in [2.45, 2.75) is 26.5 Å². The van der Waals surface area contributed by atoms with E-state index in [4.69, 9.17) is 4.74 Å².